The Labute approximate surface area is 114 Å². The minimum absolute atomic E-state index is 0.676. The van der Waals surface area contributed by atoms with Gasteiger partial charge in [0.25, 0.3) is 0 Å². The normalized spacial score (nSPS) is 13.3. The lowest BCUT2D eigenvalue weighted by molar-refractivity contribution is 0.145. The Morgan fingerprint density at radius 1 is 1.06 bits per heavy atom. The topological polar surface area (TPSA) is 33.1 Å². The van der Waals surface area contributed by atoms with Gasteiger partial charge in [-0.1, -0.05) is 36.4 Å². The lowest BCUT2D eigenvalue weighted by atomic mass is 9.88. The fourth-order valence-electron chi connectivity index (χ4n) is 1.64. The van der Waals surface area contributed by atoms with Crippen molar-refractivity contribution in [3.8, 4) is 9.85 Å². The molecule has 0 spiro atoms. The van der Waals surface area contributed by atoms with Gasteiger partial charge in [0.05, 0.1) is 0 Å². The summed E-state index contributed by atoms with van der Waals surface area (Å²) in [5.74, 6) is 2.84. The van der Waals surface area contributed by atoms with E-state index in [0.717, 1.165) is 5.56 Å². The van der Waals surface area contributed by atoms with Crippen LogP contribution in [0.1, 0.15) is 11.1 Å². The van der Waals surface area contributed by atoms with Crippen LogP contribution in [-0.2, 0) is 5.60 Å². The maximum absolute atomic E-state index is 10.7. The van der Waals surface area contributed by atoms with Crippen LogP contribution in [-0.4, -0.2) is 10.1 Å². The average Bonchev–Trinajstić information content (AvgIpc) is 2.41. The van der Waals surface area contributed by atoms with Gasteiger partial charge in [-0.2, -0.15) is 0 Å². The second-order valence-electron chi connectivity index (χ2n) is 3.54. The summed E-state index contributed by atoms with van der Waals surface area (Å²) in [4.78, 5) is 4.03. The zero-order valence-corrected chi connectivity index (χ0v) is 11.1. The largest absolute Gasteiger partial charge is 0.369 e. The van der Waals surface area contributed by atoms with Gasteiger partial charge in [-0.3, -0.25) is 4.98 Å². The molecule has 1 aromatic heterocycles. The highest BCUT2D eigenvalue weighted by atomic mass is 127. The van der Waals surface area contributed by atoms with E-state index >= 15 is 0 Å². The average molecular weight is 335 g/mol. The van der Waals surface area contributed by atoms with Crippen LogP contribution in [0.25, 0.3) is 0 Å². The molecule has 1 unspecified atom stereocenters. The highest BCUT2D eigenvalue weighted by Gasteiger charge is 2.29. The van der Waals surface area contributed by atoms with Crippen molar-refractivity contribution in [3.05, 3.63) is 66.0 Å². The zero-order chi connectivity index (χ0) is 12.1. The van der Waals surface area contributed by atoms with E-state index < -0.39 is 5.60 Å². The van der Waals surface area contributed by atoms with Crippen molar-refractivity contribution < 1.29 is 5.11 Å². The molecular formula is C14H10INO. The predicted octanol–water partition coefficient (Wildman–Crippen LogP) is 2.71. The third-order valence-electron chi connectivity index (χ3n) is 2.50. The summed E-state index contributed by atoms with van der Waals surface area (Å²) in [6.07, 6.45) is 3.31. The lowest BCUT2D eigenvalue weighted by Gasteiger charge is -2.22. The van der Waals surface area contributed by atoms with Gasteiger partial charge in [0.1, 0.15) is 0 Å². The third kappa shape index (κ3) is 2.48. The number of hydrogen-bond donors (Lipinski definition) is 1. The molecule has 0 radical (unpaired) electrons. The van der Waals surface area contributed by atoms with Crippen LogP contribution in [0.15, 0.2) is 54.9 Å². The van der Waals surface area contributed by atoms with Crippen LogP contribution >= 0.6 is 22.6 Å². The van der Waals surface area contributed by atoms with E-state index in [4.69, 9.17) is 0 Å². The molecule has 0 amide bonds. The number of aromatic nitrogens is 1. The van der Waals surface area contributed by atoms with Crippen molar-refractivity contribution in [2.45, 2.75) is 5.60 Å². The van der Waals surface area contributed by atoms with E-state index in [1.54, 1.807) is 18.5 Å². The van der Waals surface area contributed by atoms with Gasteiger partial charge in [-0.05, 0) is 15.9 Å². The predicted molar refractivity (Wildman–Crippen MR) is 75.5 cm³/mol. The van der Waals surface area contributed by atoms with E-state index in [1.165, 1.54) is 0 Å². The van der Waals surface area contributed by atoms with Crippen LogP contribution in [0.2, 0.25) is 0 Å². The Kier molecular flexibility index (Phi) is 3.77. The summed E-state index contributed by atoms with van der Waals surface area (Å²) in [5.41, 5.74) is 0.129. The molecule has 1 N–H and O–H groups in total. The molecule has 84 valence electrons. The maximum atomic E-state index is 10.7. The summed E-state index contributed by atoms with van der Waals surface area (Å²) in [6, 6.07) is 13.0. The van der Waals surface area contributed by atoms with Gasteiger partial charge < -0.3 is 5.11 Å². The van der Waals surface area contributed by atoms with Gasteiger partial charge in [0.15, 0.2) is 5.60 Å². The minimum atomic E-state index is -1.29. The Morgan fingerprint density at radius 2 is 1.76 bits per heavy atom. The molecule has 0 bridgehead atoms. The first-order valence-electron chi connectivity index (χ1n) is 5.08. The molecule has 1 atom stereocenters. The van der Waals surface area contributed by atoms with E-state index in [0.29, 0.717) is 5.56 Å². The van der Waals surface area contributed by atoms with E-state index in [-0.39, 0.29) is 0 Å². The molecule has 3 heteroatoms. The van der Waals surface area contributed by atoms with Crippen molar-refractivity contribution in [2.75, 3.05) is 0 Å². The van der Waals surface area contributed by atoms with Crippen molar-refractivity contribution in [3.63, 3.8) is 0 Å². The molecule has 2 aromatic rings. The minimum Gasteiger partial charge on any atom is -0.369 e. The maximum Gasteiger partial charge on any atom is 0.179 e. The first-order valence-corrected chi connectivity index (χ1v) is 6.16. The lowest BCUT2D eigenvalue weighted by Crippen LogP contribution is -2.25. The van der Waals surface area contributed by atoms with Crippen LogP contribution in [0.3, 0.4) is 0 Å². The monoisotopic (exact) mass is 335 g/mol. The van der Waals surface area contributed by atoms with Gasteiger partial charge >= 0.3 is 0 Å². The summed E-state index contributed by atoms with van der Waals surface area (Å²) in [5, 5.41) is 10.7. The molecule has 2 rings (SSSR count). The fourth-order valence-corrected chi connectivity index (χ4v) is 2.03. The number of nitrogens with zero attached hydrogens (tertiary/aromatic N) is 1. The summed E-state index contributed by atoms with van der Waals surface area (Å²) in [6.45, 7) is 0. The highest BCUT2D eigenvalue weighted by Crippen LogP contribution is 2.28. The first kappa shape index (κ1) is 12.1. The Hall–Kier alpha value is -1.38. The molecule has 0 aliphatic carbocycles. The molecule has 0 fully saturated rings. The Morgan fingerprint density at radius 3 is 2.35 bits per heavy atom. The molecule has 0 saturated carbocycles. The summed E-state index contributed by atoms with van der Waals surface area (Å²) in [7, 11) is 0. The van der Waals surface area contributed by atoms with E-state index in [2.05, 4.69) is 14.8 Å². The molecule has 17 heavy (non-hydrogen) atoms. The molecular weight excluding hydrogens is 325 g/mol. The summed E-state index contributed by atoms with van der Waals surface area (Å²) < 4.78 is 2.75. The molecule has 2 nitrogen and oxygen atoms in total. The van der Waals surface area contributed by atoms with Crippen LogP contribution in [0.5, 0.6) is 0 Å². The molecule has 1 heterocycles. The molecule has 0 aliphatic rings. The van der Waals surface area contributed by atoms with Crippen molar-refractivity contribution in [2.24, 2.45) is 0 Å². The van der Waals surface area contributed by atoms with Crippen molar-refractivity contribution in [1.29, 1.82) is 0 Å². The number of hydrogen-bond acceptors (Lipinski definition) is 2. The number of aliphatic hydroxyl groups is 1. The van der Waals surface area contributed by atoms with Crippen LogP contribution in [0.4, 0.5) is 0 Å². The van der Waals surface area contributed by atoms with Gasteiger partial charge in [0, 0.05) is 46.1 Å². The smallest absolute Gasteiger partial charge is 0.179 e. The Balaban J connectivity index is 2.58. The first-order chi connectivity index (χ1) is 8.27. The van der Waals surface area contributed by atoms with Crippen LogP contribution in [0, 0.1) is 9.85 Å². The molecule has 0 saturated heterocycles. The van der Waals surface area contributed by atoms with Gasteiger partial charge in [-0.15, -0.1) is 0 Å². The summed E-state index contributed by atoms with van der Waals surface area (Å²) >= 11 is 1.92. The van der Waals surface area contributed by atoms with Crippen molar-refractivity contribution in [1.82, 2.24) is 4.98 Å². The van der Waals surface area contributed by atoms with E-state index in [9.17, 15) is 5.11 Å². The second-order valence-corrected chi connectivity index (χ2v) is 4.08. The molecule has 0 aliphatic heterocycles. The SMILES string of the molecule is OC(C#CI)(c1ccccc1)c1cccnc1. The van der Waals surface area contributed by atoms with Crippen LogP contribution < -0.4 is 0 Å². The molecule has 1 aromatic carbocycles. The number of benzene rings is 1. The standard InChI is InChI=1S/C14H10INO/c15-9-8-14(17,12-5-2-1-3-6-12)13-7-4-10-16-11-13/h1-7,10-11,17H. The highest BCUT2D eigenvalue weighted by molar-refractivity contribution is 14.1. The number of rotatable bonds is 2. The zero-order valence-electron chi connectivity index (χ0n) is 8.97. The van der Waals surface area contributed by atoms with E-state index in [1.807, 2.05) is 59.0 Å². The van der Waals surface area contributed by atoms with Gasteiger partial charge in [0.2, 0.25) is 0 Å². The Bertz CT molecular complexity index is 503. The van der Waals surface area contributed by atoms with Crippen molar-refractivity contribution >= 4 is 22.6 Å². The quantitative estimate of drug-likeness (QED) is 0.676. The number of pyridine rings is 1. The fraction of sp³-hybridized carbons (Fsp3) is 0.0714. The second kappa shape index (κ2) is 5.30. The third-order valence-corrected chi connectivity index (χ3v) is 2.77. The number of halogens is 1. The van der Waals surface area contributed by atoms with Gasteiger partial charge in [-0.25, -0.2) is 0 Å².